The van der Waals surface area contributed by atoms with Crippen molar-refractivity contribution in [3.05, 3.63) is 53.6 Å². The summed E-state index contributed by atoms with van der Waals surface area (Å²) in [5, 5.41) is 2.95. The number of sulfonamides is 1. The molecule has 1 heterocycles. The van der Waals surface area contributed by atoms with Crippen LogP contribution in [-0.2, 0) is 26.2 Å². The molecular formula is C27H37N3O6S. The molecule has 0 bridgehead atoms. The Morgan fingerprint density at radius 2 is 1.73 bits per heavy atom. The van der Waals surface area contributed by atoms with Gasteiger partial charge in [-0.1, -0.05) is 36.8 Å². The number of nitrogens with one attached hydrogen (secondary N) is 1. The highest BCUT2D eigenvalue weighted by atomic mass is 32.2. The first-order valence-corrected chi connectivity index (χ1v) is 14.4. The maximum absolute atomic E-state index is 13.4. The zero-order chi connectivity index (χ0) is 27.2. The van der Waals surface area contributed by atoms with E-state index < -0.39 is 16.1 Å². The Balaban J connectivity index is 1.72. The molecule has 202 valence electrons. The van der Waals surface area contributed by atoms with E-state index >= 15 is 0 Å². The Hall–Kier alpha value is -3.27. The maximum Gasteiger partial charge on any atom is 0.242 e. The summed E-state index contributed by atoms with van der Waals surface area (Å²) in [4.78, 5) is 27.8. The number of rotatable bonds is 12. The topological polar surface area (TPSA) is 105 Å². The van der Waals surface area contributed by atoms with Gasteiger partial charge in [-0.25, -0.2) is 8.42 Å². The number of aryl methyl sites for hydroxylation is 1. The van der Waals surface area contributed by atoms with Gasteiger partial charge < -0.3 is 19.7 Å². The number of nitrogens with zero attached hydrogens (tertiary/aromatic N) is 2. The summed E-state index contributed by atoms with van der Waals surface area (Å²) in [6.07, 6.45) is 2.28. The quantitative estimate of drug-likeness (QED) is 0.449. The highest BCUT2D eigenvalue weighted by molar-refractivity contribution is 7.92. The van der Waals surface area contributed by atoms with Crippen molar-refractivity contribution in [3.8, 4) is 11.5 Å². The third kappa shape index (κ3) is 7.61. The van der Waals surface area contributed by atoms with Crippen LogP contribution in [0.5, 0.6) is 11.5 Å². The lowest BCUT2D eigenvalue weighted by atomic mass is 10.1. The minimum atomic E-state index is -3.60. The standard InChI is InChI=1S/C27H37N3O6S/c1-6-20(3)28-27(32)21(4)29(17-22-11-9-19(2)10-12-22)26(31)8-7-15-30(37(5,33)34)23-13-14-24-25(16-23)36-18-35-24/h9-14,16,20-21H,6-8,15,17-18H2,1-5H3,(H,28,32). The summed E-state index contributed by atoms with van der Waals surface area (Å²) in [6, 6.07) is 12.1. The number of anilines is 1. The van der Waals surface area contributed by atoms with Crippen molar-refractivity contribution in [3.63, 3.8) is 0 Å². The zero-order valence-electron chi connectivity index (χ0n) is 22.2. The number of fused-ring (bicyclic) bond motifs is 1. The number of hydrogen-bond donors (Lipinski definition) is 1. The second kappa shape index (κ2) is 12.3. The minimum Gasteiger partial charge on any atom is -0.454 e. The number of amides is 2. The number of benzene rings is 2. The fourth-order valence-corrected chi connectivity index (χ4v) is 4.94. The van der Waals surface area contributed by atoms with E-state index in [2.05, 4.69) is 5.32 Å². The highest BCUT2D eigenvalue weighted by Crippen LogP contribution is 2.36. The summed E-state index contributed by atoms with van der Waals surface area (Å²) in [5.74, 6) is 0.607. The average molecular weight is 532 g/mol. The Bertz CT molecular complexity index is 1200. The van der Waals surface area contributed by atoms with Crippen LogP contribution < -0.4 is 19.1 Å². The predicted octanol–water partition coefficient (Wildman–Crippen LogP) is 3.60. The number of carbonyl (C=O) groups excluding carboxylic acids is 2. The molecule has 1 aliphatic heterocycles. The largest absolute Gasteiger partial charge is 0.454 e. The first-order chi connectivity index (χ1) is 17.5. The predicted molar refractivity (Wildman–Crippen MR) is 143 cm³/mol. The Morgan fingerprint density at radius 1 is 1.05 bits per heavy atom. The number of hydrogen-bond acceptors (Lipinski definition) is 6. The van der Waals surface area contributed by atoms with Gasteiger partial charge in [0.1, 0.15) is 6.04 Å². The van der Waals surface area contributed by atoms with Crippen molar-refractivity contribution in [2.45, 2.75) is 65.6 Å². The normalized spacial score (nSPS) is 14.1. The van der Waals surface area contributed by atoms with Crippen molar-refractivity contribution in [1.29, 1.82) is 0 Å². The van der Waals surface area contributed by atoms with Gasteiger partial charge >= 0.3 is 0 Å². The molecule has 1 N–H and O–H groups in total. The molecule has 2 aromatic carbocycles. The molecule has 0 saturated carbocycles. The smallest absolute Gasteiger partial charge is 0.242 e. The van der Waals surface area contributed by atoms with Crippen molar-refractivity contribution < 1.29 is 27.5 Å². The molecule has 3 rings (SSSR count). The lowest BCUT2D eigenvalue weighted by molar-refractivity contribution is -0.140. The second-order valence-electron chi connectivity index (χ2n) is 9.48. The molecule has 0 fully saturated rings. The molecular weight excluding hydrogens is 494 g/mol. The lowest BCUT2D eigenvalue weighted by Gasteiger charge is -2.30. The molecule has 1 aliphatic rings. The zero-order valence-corrected chi connectivity index (χ0v) is 23.0. The molecule has 2 amide bonds. The van der Waals surface area contributed by atoms with Gasteiger partial charge in [-0.15, -0.1) is 0 Å². The first-order valence-electron chi connectivity index (χ1n) is 12.5. The number of ether oxygens (including phenoxy) is 2. The van der Waals surface area contributed by atoms with Gasteiger partial charge in [0, 0.05) is 31.6 Å². The fourth-order valence-electron chi connectivity index (χ4n) is 3.98. The molecule has 2 atom stereocenters. The van der Waals surface area contributed by atoms with E-state index in [0.29, 0.717) is 17.2 Å². The van der Waals surface area contributed by atoms with Gasteiger partial charge in [0.2, 0.25) is 28.6 Å². The van der Waals surface area contributed by atoms with Gasteiger partial charge in [-0.3, -0.25) is 13.9 Å². The molecule has 2 unspecified atom stereocenters. The molecule has 9 nitrogen and oxygen atoms in total. The summed E-state index contributed by atoms with van der Waals surface area (Å²) < 4.78 is 37.0. The van der Waals surface area contributed by atoms with Crippen molar-refractivity contribution in [2.75, 3.05) is 23.9 Å². The Kier molecular flexibility index (Phi) is 9.42. The molecule has 0 saturated heterocycles. The third-order valence-corrected chi connectivity index (χ3v) is 7.63. The SMILES string of the molecule is CCC(C)NC(=O)C(C)N(Cc1ccc(C)cc1)C(=O)CCCN(c1ccc2c(c1)OCO2)S(C)(=O)=O. The van der Waals surface area contributed by atoms with Crippen LogP contribution >= 0.6 is 0 Å². The lowest BCUT2D eigenvalue weighted by Crippen LogP contribution is -2.49. The summed E-state index contributed by atoms with van der Waals surface area (Å²) in [7, 11) is -3.60. The van der Waals surface area contributed by atoms with Crippen LogP contribution in [-0.4, -0.2) is 56.8 Å². The summed E-state index contributed by atoms with van der Waals surface area (Å²) in [5.41, 5.74) is 2.46. The van der Waals surface area contributed by atoms with E-state index in [1.165, 1.54) is 4.31 Å². The highest BCUT2D eigenvalue weighted by Gasteiger charge is 2.27. The van der Waals surface area contributed by atoms with Gasteiger partial charge in [0.15, 0.2) is 11.5 Å². The molecule has 0 aliphatic carbocycles. The van der Waals surface area contributed by atoms with Gasteiger partial charge in [-0.2, -0.15) is 0 Å². The van der Waals surface area contributed by atoms with Gasteiger partial charge in [0.25, 0.3) is 0 Å². The van der Waals surface area contributed by atoms with Crippen molar-refractivity contribution in [1.82, 2.24) is 10.2 Å². The summed E-state index contributed by atoms with van der Waals surface area (Å²) in [6.45, 7) is 8.10. The molecule has 0 radical (unpaired) electrons. The summed E-state index contributed by atoms with van der Waals surface area (Å²) >= 11 is 0. The Morgan fingerprint density at radius 3 is 2.38 bits per heavy atom. The monoisotopic (exact) mass is 531 g/mol. The second-order valence-corrected chi connectivity index (χ2v) is 11.4. The van der Waals surface area contributed by atoms with Crippen LogP contribution in [0.15, 0.2) is 42.5 Å². The number of carbonyl (C=O) groups is 2. The van der Waals surface area contributed by atoms with Crippen molar-refractivity contribution in [2.24, 2.45) is 0 Å². The van der Waals surface area contributed by atoms with Crippen LogP contribution in [0.1, 0.15) is 51.2 Å². The first kappa shape index (κ1) is 28.3. The molecule has 37 heavy (non-hydrogen) atoms. The van der Waals surface area contributed by atoms with E-state index in [1.54, 1.807) is 30.0 Å². The van der Waals surface area contributed by atoms with E-state index in [9.17, 15) is 18.0 Å². The van der Waals surface area contributed by atoms with Crippen LogP contribution in [0.3, 0.4) is 0 Å². The third-order valence-electron chi connectivity index (χ3n) is 6.44. The van der Waals surface area contributed by atoms with Crippen LogP contribution in [0, 0.1) is 6.92 Å². The average Bonchev–Trinajstić information content (AvgIpc) is 3.32. The van der Waals surface area contributed by atoms with E-state index in [1.807, 2.05) is 45.0 Å². The molecule has 0 spiro atoms. The Labute approximate surface area is 219 Å². The van der Waals surface area contributed by atoms with Gasteiger partial charge in [0.05, 0.1) is 11.9 Å². The van der Waals surface area contributed by atoms with Crippen LogP contribution in [0.2, 0.25) is 0 Å². The van der Waals surface area contributed by atoms with Crippen LogP contribution in [0.4, 0.5) is 5.69 Å². The van der Waals surface area contributed by atoms with Gasteiger partial charge in [-0.05, 0) is 51.3 Å². The maximum atomic E-state index is 13.4. The fraction of sp³-hybridized carbons (Fsp3) is 0.481. The molecule has 10 heteroatoms. The van der Waals surface area contributed by atoms with E-state index in [4.69, 9.17) is 9.47 Å². The minimum absolute atomic E-state index is 0.00343. The van der Waals surface area contributed by atoms with Crippen molar-refractivity contribution >= 4 is 27.5 Å². The molecule has 0 aromatic heterocycles. The van der Waals surface area contributed by atoms with E-state index in [0.717, 1.165) is 23.8 Å². The molecule has 2 aromatic rings. The van der Waals surface area contributed by atoms with E-state index in [-0.39, 0.29) is 50.6 Å². The van der Waals surface area contributed by atoms with Crippen LogP contribution in [0.25, 0.3) is 0 Å².